The largest absolute Gasteiger partial charge is 0.465 e. The van der Waals surface area contributed by atoms with Crippen LogP contribution in [0.2, 0.25) is 0 Å². The molecule has 0 aromatic heterocycles. The third kappa shape index (κ3) is 15.7. The highest BCUT2D eigenvalue weighted by Crippen LogP contribution is 2.30. The molecule has 4 atom stereocenters. The van der Waals surface area contributed by atoms with Crippen LogP contribution in [-0.4, -0.2) is 36.7 Å². The van der Waals surface area contributed by atoms with Gasteiger partial charge in [-0.05, 0) is 37.8 Å². The first-order valence-corrected chi connectivity index (χ1v) is 18.0. The summed E-state index contributed by atoms with van der Waals surface area (Å²) in [6, 6.07) is 0. The van der Waals surface area contributed by atoms with Crippen molar-refractivity contribution < 1.29 is 28.7 Å². The maximum absolute atomic E-state index is 13.6. The monoisotopic (exact) mass is 616 g/mol. The van der Waals surface area contributed by atoms with Gasteiger partial charge >= 0.3 is 11.9 Å². The molecule has 252 valence electrons. The van der Waals surface area contributed by atoms with Gasteiger partial charge in [0.05, 0.1) is 25.0 Å². The molecule has 4 unspecified atom stereocenters. The molecule has 0 radical (unpaired) electrons. The Morgan fingerprint density at radius 1 is 0.523 bits per heavy atom. The molecule has 0 aliphatic heterocycles. The summed E-state index contributed by atoms with van der Waals surface area (Å²) in [6.45, 7) is 12.6. The van der Waals surface area contributed by atoms with Gasteiger partial charge in [-0.1, -0.05) is 131 Å². The van der Waals surface area contributed by atoms with Crippen LogP contribution in [-0.2, 0) is 28.7 Å². The van der Waals surface area contributed by atoms with Crippen LogP contribution >= 0.6 is 0 Å². The van der Waals surface area contributed by atoms with Gasteiger partial charge in [-0.2, -0.15) is 0 Å². The van der Waals surface area contributed by atoms with Crippen molar-refractivity contribution in [2.75, 3.05) is 13.2 Å². The van der Waals surface area contributed by atoms with E-state index < -0.39 is 0 Å². The molecule has 0 bridgehead atoms. The Bertz CT molecular complexity index is 842. The lowest BCUT2D eigenvalue weighted by atomic mass is 9.81. The van der Waals surface area contributed by atoms with Gasteiger partial charge in [-0.25, -0.2) is 0 Å². The molecule has 1 aliphatic rings. The summed E-state index contributed by atoms with van der Waals surface area (Å²) >= 11 is 0. The van der Waals surface area contributed by atoms with Crippen LogP contribution in [0.3, 0.4) is 0 Å². The SMILES string of the molecule is CCCCCCC(COC(=O)C(C)CCCCC)C1=CC(=O)C(C(CCCCCC)COC(=O)C(C)CCCCC)=CC1=O. The fourth-order valence-electron chi connectivity index (χ4n) is 5.81. The number of carbonyl (C=O) groups is 4. The van der Waals surface area contributed by atoms with Crippen molar-refractivity contribution in [3.63, 3.8) is 0 Å². The zero-order valence-electron chi connectivity index (χ0n) is 29.1. The maximum atomic E-state index is 13.6. The summed E-state index contributed by atoms with van der Waals surface area (Å²) in [4.78, 5) is 52.6. The molecule has 0 N–H and O–H groups in total. The predicted molar refractivity (Wildman–Crippen MR) is 179 cm³/mol. The Hall–Kier alpha value is -2.24. The molecule has 6 heteroatoms. The second-order valence-corrected chi connectivity index (χ2v) is 13.1. The van der Waals surface area contributed by atoms with Gasteiger partial charge in [0.25, 0.3) is 0 Å². The van der Waals surface area contributed by atoms with E-state index in [1.165, 1.54) is 12.2 Å². The fraction of sp³-hybridized carbons (Fsp3) is 0.789. The van der Waals surface area contributed by atoms with Crippen molar-refractivity contribution in [3.05, 3.63) is 23.3 Å². The Morgan fingerprint density at radius 3 is 1.18 bits per heavy atom. The van der Waals surface area contributed by atoms with Crippen LogP contribution in [0.15, 0.2) is 23.3 Å². The standard InChI is InChI=1S/C38H64O6/c1-7-11-15-19-23-31(27-43-37(41)29(5)21-17-13-9-3)33-25-36(40)34(26-35(33)39)32(24-20-16-12-8-2)28-44-38(42)30(6)22-18-14-10-4/h25-26,29-32H,7-24,27-28H2,1-6H3. The lowest BCUT2D eigenvalue weighted by Crippen LogP contribution is -2.29. The molecule has 44 heavy (non-hydrogen) atoms. The van der Waals surface area contributed by atoms with Crippen LogP contribution in [0.1, 0.15) is 157 Å². The smallest absolute Gasteiger partial charge is 0.308 e. The highest BCUT2D eigenvalue weighted by Gasteiger charge is 2.31. The lowest BCUT2D eigenvalue weighted by Gasteiger charge is -2.25. The van der Waals surface area contributed by atoms with Crippen LogP contribution in [0.5, 0.6) is 0 Å². The Balaban J connectivity index is 3.03. The molecule has 0 saturated heterocycles. The zero-order chi connectivity index (χ0) is 32.7. The molecule has 0 amide bonds. The average molecular weight is 617 g/mol. The van der Waals surface area contributed by atoms with E-state index in [-0.39, 0.29) is 60.4 Å². The molecule has 0 heterocycles. The van der Waals surface area contributed by atoms with Crippen molar-refractivity contribution >= 4 is 23.5 Å². The summed E-state index contributed by atoms with van der Waals surface area (Å²) in [6.07, 6.45) is 20.6. The highest BCUT2D eigenvalue weighted by atomic mass is 16.5. The zero-order valence-corrected chi connectivity index (χ0v) is 29.1. The number of ether oxygens (including phenoxy) is 2. The second-order valence-electron chi connectivity index (χ2n) is 13.1. The number of rotatable bonds is 26. The molecular formula is C38H64O6. The summed E-state index contributed by atoms with van der Waals surface area (Å²) in [5.41, 5.74) is 0.876. The molecule has 0 spiro atoms. The van der Waals surface area contributed by atoms with E-state index in [0.717, 1.165) is 103 Å². The van der Waals surface area contributed by atoms with Crippen LogP contribution < -0.4 is 0 Å². The van der Waals surface area contributed by atoms with Crippen molar-refractivity contribution in [1.82, 2.24) is 0 Å². The average Bonchev–Trinajstić information content (AvgIpc) is 3.01. The highest BCUT2D eigenvalue weighted by molar-refractivity contribution is 6.20. The summed E-state index contributed by atoms with van der Waals surface area (Å²) in [5, 5.41) is 0. The minimum absolute atomic E-state index is 0.116. The Labute approximate surface area is 269 Å². The molecular weight excluding hydrogens is 552 g/mol. The molecule has 0 aromatic rings. The minimum atomic E-state index is -0.308. The quantitative estimate of drug-likeness (QED) is 0.0546. The first kappa shape index (κ1) is 39.8. The van der Waals surface area contributed by atoms with Gasteiger partial charge in [0, 0.05) is 23.0 Å². The Kier molecular flexibility index (Phi) is 21.7. The van der Waals surface area contributed by atoms with Gasteiger partial charge in [-0.3, -0.25) is 19.2 Å². The number of unbranched alkanes of at least 4 members (excludes halogenated alkanes) is 10. The minimum Gasteiger partial charge on any atom is -0.465 e. The fourth-order valence-corrected chi connectivity index (χ4v) is 5.81. The summed E-state index contributed by atoms with van der Waals surface area (Å²) in [7, 11) is 0. The van der Waals surface area contributed by atoms with Crippen molar-refractivity contribution in [1.29, 1.82) is 0 Å². The number of carbonyl (C=O) groups excluding carboxylic acids is 4. The normalized spacial score (nSPS) is 16.1. The van der Waals surface area contributed by atoms with Crippen molar-refractivity contribution in [2.45, 2.75) is 157 Å². The third-order valence-corrected chi connectivity index (χ3v) is 8.97. The Morgan fingerprint density at radius 2 is 0.841 bits per heavy atom. The number of allylic oxidation sites excluding steroid dienone is 2. The molecule has 0 saturated carbocycles. The first-order valence-electron chi connectivity index (χ1n) is 18.0. The molecule has 1 rings (SSSR count). The van der Waals surface area contributed by atoms with Gasteiger partial charge in [0.2, 0.25) is 0 Å². The summed E-state index contributed by atoms with van der Waals surface area (Å²) < 4.78 is 11.5. The second kappa shape index (κ2) is 24.1. The predicted octanol–water partition coefficient (Wildman–Crippen LogP) is 9.68. The first-order chi connectivity index (χ1) is 21.2. The molecule has 6 nitrogen and oxygen atoms in total. The van der Waals surface area contributed by atoms with E-state index in [4.69, 9.17) is 9.47 Å². The maximum Gasteiger partial charge on any atom is 0.308 e. The van der Waals surface area contributed by atoms with Gasteiger partial charge in [0.1, 0.15) is 0 Å². The topological polar surface area (TPSA) is 86.7 Å². The van der Waals surface area contributed by atoms with E-state index in [9.17, 15) is 19.2 Å². The summed E-state index contributed by atoms with van der Waals surface area (Å²) in [5.74, 6) is -1.83. The van der Waals surface area contributed by atoms with Gasteiger partial charge in [-0.15, -0.1) is 0 Å². The number of esters is 2. The van der Waals surface area contributed by atoms with Crippen LogP contribution in [0, 0.1) is 23.7 Å². The molecule has 1 aliphatic carbocycles. The van der Waals surface area contributed by atoms with Crippen LogP contribution in [0.4, 0.5) is 0 Å². The van der Waals surface area contributed by atoms with Crippen molar-refractivity contribution in [2.24, 2.45) is 23.7 Å². The van der Waals surface area contributed by atoms with Gasteiger partial charge < -0.3 is 9.47 Å². The van der Waals surface area contributed by atoms with E-state index in [1.54, 1.807) is 0 Å². The number of hydrogen-bond acceptors (Lipinski definition) is 6. The third-order valence-electron chi connectivity index (χ3n) is 8.97. The molecule has 0 fully saturated rings. The van der Waals surface area contributed by atoms with Crippen LogP contribution in [0.25, 0.3) is 0 Å². The molecule has 0 aromatic carbocycles. The van der Waals surface area contributed by atoms with E-state index in [1.807, 2.05) is 13.8 Å². The lowest BCUT2D eigenvalue weighted by molar-refractivity contribution is -0.150. The van der Waals surface area contributed by atoms with E-state index >= 15 is 0 Å². The number of ketones is 2. The van der Waals surface area contributed by atoms with E-state index in [0.29, 0.717) is 24.0 Å². The van der Waals surface area contributed by atoms with E-state index in [2.05, 4.69) is 27.7 Å². The van der Waals surface area contributed by atoms with Crippen molar-refractivity contribution in [3.8, 4) is 0 Å². The van der Waals surface area contributed by atoms with Gasteiger partial charge in [0.15, 0.2) is 11.6 Å². The number of hydrogen-bond donors (Lipinski definition) is 0.